The summed E-state index contributed by atoms with van der Waals surface area (Å²) in [6.45, 7) is 11.8. The van der Waals surface area contributed by atoms with E-state index >= 15 is 0 Å². The highest BCUT2D eigenvalue weighted by Gasteiger charge is 2.49. The molecule has 1 unspecified atom stereocenters. The van der Waals surface area contributed by atoms with Crippen molar-refractivity contribution in [1.82, 2.24) is 4.90 Å². The highest BCUT2D eigenvalue weighted by molar-refractivity contribution is 6.30. The highest BCUT2D eigenvalue weighted by atomic mass is 35.5. The third-order valence-corrected chi connectivity index (χ3v) is 7.73. The van der Waals surface area contributed by atoms with Crippen molar-refractivity contribution in [1.29, 1.82) is 0 Å². The predicted octanol–water partition coefficient (Wildman–Crippen LogP) is 7.32. The quantitative estimate of drug-likeness (QED) is 0.395. The third-order valence-electron chi connectivity index (χ3n) is 7.48. The van der Waals surface area contributed by atoms with Gasteiger partial charge in [-0.3, -0.25) is 9.59 Å². The van der Waals surface area contributed by atoms with Gasteiger partial charge in [0.25, 0.3) is 5.91 Å². The van der Waals surface area contributed by atoms with Crippen molar-refractivity contribution in [2.24, 2.45) is 5.41 Å². The van der Waals surface area contributed by atoms with E-state index in [-0.39, 0.29) is 17.7 Å². The number of halogens is 1. The van der Waals surface area contributed by atoms with E-state index < -0.39 is 23.5 Å². The molecule has 0 spiro atoms. The molecule has 2 amide bonds. The van der Waals surface area contributed by atoms with Gasteiger partial charge in [0.15, 0.2) is 5.78 Å². The Labute approximate surface area is 235 Å². The number of carbonyl (C=O) groups excluding carboxylic acids is 3. The molecule has 3 aliphatic rings. The average Bonchev–Trinajstić information content (AvgIpc) is 2.82. The lowest BCUT2D eigenvalue weighted by molar-refractivity contribution is -0.127. The van der Waals surface area contributed by atoms with Crippen LogP contribution in [-0.2, 0) is 14.3 Å². The molecule has 0 aromatic heterocycles. The lowest BCUT2D eigenvalue weighted by Crippen LogP contribution is -2.50. The number of imide groups is 1. The van der Waals surface area contributed by atoms with Crippen LogP contribution in [0.15, 0.2) is 71.1 Å². The van der Waals surface area contributed by atoms with Gasteiger partial charge in [-0.25, -0.2) is 9.69 Å². The van der Waals surface area contributed by atoms with Gasteiger partial charge in [0.1, 0.15) is 5.60 Å². The van der Waals surface area contributed by atoms with Gasteiger partial charge in [0, 0.05) is 58.6 Å². The largest absolute Gasteiger partial charge is 0.443 e. The first-order valence-corrected chi connectivity index (χ1v) is 13.8. The molecule has 0 bridgehead atoms. The van der Waals surface area contributed by atoms with Gasteiger partial charge in [-0.15, -0.1) is 0 Å². The summed E-state index contributed by atoms with van der Waals surface area (Å²) in [5, 5.41) is 0.570. The van der Waals surface area contributed by atoms with Gasteiger partial charge >= 0.3 is 6.09 Å². The minimum absolute atomic E-state index is 0.0204. The molecule has 0 saturated heterocycles. The number of hydrogen-bond donors (Lipinski definition) is 0. The SMILES string of the molecule is Cc1ccc(N2C3=C(C(=O)CC(C)(C)C3)C(c3ccc(Cl)cc3)C3=C2CCN(C(=O)OC(C)(C)C)C3=O)cc1. The first kappa shape index (κ1) is 27.2. The maximum atomic E-state index is 14.3. The lowest BCUT2D eigenvalue weighted by Gasteiger charge is -2.47. The minimum atomic E-state index is -0.747. The van der Waals surface area contributed by atoms with Crippen molar-refractivity contribution in [3.8, 4) is 0 Å². The number of allylic oxidation sites excluding steroid dienone is 2. The fourth-order valence-corrected chi connectivity index (χ4v) is 5.99. The molecule has 1 aliphatic carbocycles. The number of nitrogens with zero attached hydrogens (tertiary/aromatic N) is 2. The highest BCUT2D eigenvalue weighted by Crippen LogP contribution is 2.53. The van der Waals surface area contributed by atoms with Crippen LogP contribution >= 0.6 is 11.6 Å². The second-order valence-corrected chi connectivity index (χ2v) is 12.9. The molecule has 0 N–H and O–H groups in total. The van der Waals surface area contributed by atoms with Gasteiger partial charge in [-0.05, 0) is 69.4 Å². The zero-order chi connectivity index (χ0) is 28.3. The number of ether oxygens (including phenoxy) is 1. The molecule has 0 radical (unpaired) electrons. The van der Waals surface area contributed by atoms with Gasteiger partial charge in [0.05, 0.1) is 0 Å². The summed E-state index contributed by atoms with van der Waals surface area (Å²) < 4.78 is 5.60. The summed E-state index contributed by atoms with van der Waals surface area (Å²) in [4.78, 5) is 44.7. The number of carbonyl (C=O) groups is 3. The number of amides is 2. The summed E-state index contributed by atoms with van der Waals surface area (Å²) in [6.07, 6.45) is 0.840. The Kier molecular flexibility index (Phi) is 6.74. The van der Waals surface area contributed by atoms with E-state index in [1.54, 1.807) is 32.9 Å². The van der Waals surface area contributed by atoms with Crippen LogP contribution in [0.1, 0.15) is 70.9 Å². The Morgan fingerprint density at radius 1 is 0.949 bits per heavy atom. The Bertz CT molecular complexity index is 1410. The van der Waals surface area contributed by atoms with E-state index in [0.717, 1.165) is 28.2 Å². The van der Waals surface area contributed by atoms with Crippen molar-refractivity contribution in [3.05, 3.63) is 87.2 Å². The number of hydrogen-bond acceptors (Lipinski definition) is 5. The zero-order valence-electron chi connectivity index (χ0n) is 23.4. The van der Waals surface area contributed by atoms with Crippen molar-refractivity contribution < 1.29 is 19.1 Å². The molecular weight excluding hydrogens is 512 g/mol. The molecule has 2 heterocycles. The fourth-order valence-electron chi connectivity index (χ4n) is 5.87. The van der Waals surface area contributed by atoms with Gasteiger partial charge < -0.3 is 9.64 Å². The molecule has 6 nitrogen and oxygen atoms in total. The maximum absolute atomic E-state index is 14.3. The van der Waals surface area contributed by atoms with Crippen LogP contribution in [0.25, 0.3) is 0 Å². The minimum Gasteiger partial charge on any atom is -0.443 e. The summed E-state index contributed by atoms with van der Waals surface area (Å²) in [5.41, 5.74) is 4.66. The number of rotatable bonds is 2. The third kappa shape index (κ3) is 5.14. The Balaban J connectivity index is 1.75. The van der Waals surface area contributed by atoms with Crippen molar-refractivity contribution in [2.45, 2.75) is 72.3 Å². The first-order valence-electron chi connectivity index (χ1n) is 13.4. The number of Topliss-reactive ketones (excluding diaryl/α,β-unsaturated/α-hetero) is 1. The van der Waals surface area contributed by atoms with Crippen molar-refractivity contribution >= 4 is 35.1 Å². The molecule has 2 aromatic rings. The van der Waals surface area contributed by atoms with E-state index in [2.05, 4.69) is 18.7 Å². The number of ketones is 1. The molecular formula is C32H35ClN2O4. The second kappa shape index (κ2) is 9.67. The molecule has 5 rings (SSSR count). The monoisotopic (exact) mass is 546 g/mol. The van der Waals surface area contributed by atoms with Crippen LogP contribution in [0.4, 0.5) is 10.5 Å². The van der Waals surface area contributed by atoms with Gasteiger partial charge in [-0.2, -0.15) is 0 Å². The first-order chi connectivity index (χ1) is 18.3. The Morgan fingerprint density at radius 2 is 1.59 bits per heavy atom. The van der Waals surface area contributed by atoms with E-state index in [1.165, 1.54) is 4.90 Å². The Morgan fingerprint density at radius 3 is 2.21 bits per heavy atom. The molecule has 7 heteroatoms. The van der Waals surface area contributed by atoms with Crippen LogP contribution < -0.4 is 4.90 Å². The van der Waals surface area contributed by atoms with Crippen LogP contribution in [0.2, 0.25) is 5.02 Å². The number of benzene rings is 2. The number of aryl methyl sites for hydroxylation is 1. The zero-order valence-corrected chi connectivity index (χ0v) is 24.2. The summed E-state index contributed by atoms with van der Waals surface area (Å²) >= 11 is 6.23. The van der Waals surface area contributed by atoms with Gasteiger partial charge in [-0.1, -0.05) is 55.3 Å². The van der Waals surface area contributed by atoms with Crippen LogP contribution in [0.5, 0.6) is 0 Å². The smallest absolute Gasteiger partial charge is 0.417 e. The molecule has 1 atom stereocenters. The topological polar surface area (TPSA) is 66.9 Å². The average molecular weight is 547 g/mol. The Hall–Kier alpha value is -3.38. The van der Waals surface area contributed by atoms with Crippen LogP contribution in [0.3, 0.4) is 0 Å². The van der Waals surface area contributed by atoms with E-state index in [4.69, 9.17) is 16.3 Å². The molecule has 2 aliphatic heterocycles. The molecule has 204 valence electrons. The fraction of sp³-hybridized carbons (Fsp3) is 0.406. The molecule has 2 aromatic carbocycles. The van der Waals surface area contributed by atoms with E-state index in [9.17, 15) is 14.4 Å². The van der Waals surface area contributed by atoms with Gasteiger partial charge in [0.2, 0.25) is 0 Å². The summed E-state index contributed by atoms with van der Waals surface area (Å²) in [5.74, 6) is -1.01. The summed E-state index contributed by atoms with van der Waals surface area (Å²) in [7, 11) is 0. The molecule has 0 fully saturated rings. The van der Waals surface area contributed by atoms with Crippen molar-refractivity contribution in [3.63, 3.8) is 0 Å². The maximum Gasteiger partial charge on any atom is 0.417 e. The summed E-state index contributed by atoms with van der Waals surface area (Å²) in [6, 6.07) is 15.4. The van der Waals surface area contributed by atoms with Crippen LogP contribution in [0, 0.1) is 12.3 Å². The van der Waals surface area contributed by atoms with E-state index in [0.29, 0.717) is 35.4 Å². The molecule has 0 saturated carbocycles. The van der Waals surface area contributed by atoms with Crippen molar-refractivity contribution in [2.75, 3.05) is 11.4 Å². The van der Waals surface area contributed by atoms with E-state index in [1.807, 2.05) is 43.3 Å². The normalized spacial score (nSPS) is 21.2. The predicted molar refractivity (Wildman–Crippen MR) is 152 cm³/mol. The standard InChI is InChI=1S/C32H35ClN2O4/c1-19-7-13-22(14-8-19)35-23-15-16-34(30(38)39-31(2,3)4)29(37)28(23)26(20-9-11-21(33)12-10-20)27-24(35)17-32(5,6)18-25(27)36/h7-14,26H,15-18H2,1-6H3. The van der Waals surface area contributed by atoms with Crippen LogP contribution in [-0.4, -0.2) is 34.8 Å². The number of anilines is 1. The lowest BCUT2D eigenvalue weighted by atomic mass is 9.67. The molecule has 39 heavy (non-hydrogen) atoms. The second-order valence-electron chi connectivity index (χ2n) is 12.5.